The first-order valence-corrected chi connectivity index (χ1v) is 8.78. The number of carbonyl (C=O) groups excluding carboxylic acids is 1. The van der Waals surface area contributed by atoms with Crippen molar-refractivity contribution >= 4 is 5.97 Å². The van der Waals surface area contributed by atoms with Gasteiger partial charge in [0.15, 0.2) is 5.60 Å². The van der Waals surface area contributed by atoms with Crippen LogP contribution in [0.3, 0.4) is 0 Å². The average molecular weight is 317 g/mol. The molecule has 1 aromatic carbocycles. The number of nitrogens with zero attached hydrogens (tertiary/aromatic N) is 1. The summed E-state index contributed by atoms with van der Waals surface area (Å²) in [6.45, 7) is 1.79. The van der Waals surface area contributed by atoms with Gasteiger partial charge < -0.3 is 14.7 Å². The number of rotatable bonds is 4. The van der Waals surface area contributed by atoms with Crippen LogP contribution >= 0.6 is 0 Å². The van der Waals surface area contributed by atoms with Crippen LogP contribution in [0.25, 0.3) is 0 Å². The molecule has 1 N–H and O–H groups in total. The molecule has 1 aromatic rings. The van der Waals surface area contributed by atoms with E-state index in [0.717, 1.165) is 51.6 Å². The third-order valence-corrected chi connectivity index (χ3v) is 5.33. The fourth-order valence-electron chi connectivity index (χ4n) is 4.01. The monoisotopic (exact) mass is 317 g/mol. The molecule has 1 saturated heterocycles. The van der Waals surface area contributed by atoms with Gasteiger partial charge in [0.25, 0.3) is 0 Å². The van der Waals surface area contributed by atoms with E-state index in [1.807, 2.05) is 37.4 Å². The number of ether oxygens (including phenoxy) is 1. The van der Waals surface area contributed by atoms with Gasteiger partial charge in [-0.25, -0.2) is 4.79 Å². The van der Waals surface area contributed by atoms with E-state index in [9.17, 15) is 9.90 Å². The van der Waals surface area contributed by atoms with Gasteiger partial charge in [-0.15, -0.1) is 0 Å². The highest BCUT2D eigenvalue weighted by Crippen LogP contribution is 2.41. The molecule has 4 heteroatoms. The first-order valence-electron chi connectivity index (χ1n) is 8.78. The van der Waals surface area contributed by atoms with E-state index in [2.05, 4.69) is 4.90 Å². The zero-order valence-corrected chi connectivity index (χ0v) is 13.9. The fraction of sp³-hybridized carbons (Fsp3) is 0.632. The lowest BCUT2D eigenvalue weighted by atomic mass is 9.80. The number of hydrogen-bond donors (Lipinski definition) is 1. The van der Waals surface area contributed by atoms with Crippen LogP contribution in [0, 0.1) is 5.92 Å². The molecule has 0 radical (unpaired) electrons. The summed E-state index contributed by atoms with van der Waals surface area (Å²) in [5.41, 5.74) is -0.839. The SMILES string of the molecule is CN1CCC[C@H](OC(=O)[C@](O)(c2ccccc2)C2CCCC2)C1. The van der Waals surface area contributed by atoms with Gasteiger partial charge in [0, 0.05) is 12.5 Å². The molecule has 1 aliphatic carbocycles. The molecule has 0 amide bonds. The topological polar surface area (TPSA) is 49.8 Å². The maximum Gasteiger partial charge on any atom is 0.343 e. The van der Waals surface area contributed by atoms with Crippen LogP contribution in [0.1, 0.15) is 44.1 Å². The molecule has 126 valence electrons. The molecule has 0 aromatic heterocycles. The van der Waals surface area contributed by atoms with Crippen molar-refractivity contribution in [2.24, 2.45) is 5.92 Å². The van der Waals surface area contributed by atoms with Gasteiger partial charge in [-0.3, -0.25) is 0 Å². The molecule has 0 bridgehead atoms. The van der Waals surface area contributed by atoms with E-state index in [1.165, 1.54) is 0 Å². The summed E-state index contributed by atoms with van der Waals surface area (Å²) in [5.74, 6) is -0.505. The molecule has 1 heterocycles. The summed E-state index contributed by atoms with van der Waals surface area (Å²) >= 11 is 0. The van der Waals surface area contributed by atoms with Gasteiger partial charge in [-0.05, 0) is 44.8 Å². The predicted octanol–water partition coefficient (Wildman–Crippen LogP) is 2.70. The standard InChI is InChI=1S/C19H27NO3/c1-20-13-7-12-17(14-20)23-18(21)19(22,16-10-5-6-11-16)15-8-3-2-4-9-15/h2-4,8-9,16-17,22H,5-7,10-14H2,1H3/t17-,19-/m0/s1. The minimum Gasteiger partial charge on any atom is -0.459 e. The average Bonchev–Trinajstić information content (AvgIpc) is 3.10. The number of carbonyl (C=O) groups is 1. The second kappa shape index (κ2) is 7.02. The number of benzene rings is 1. The molecule has 23 heavy (non-hydrogen) atoms. The van der Waals surface area contributed by atoms with Crippen LogP contribution in [0.15, 0.2) is 30.3 Å². The molecule has 0 spiro atoms. The minimum atomic E-state index is -1.51. The van der Waals surface area contributed by atoms with E-state index in [1.54, 1.807) is 0 Å². The first kappa shape index (κ1) is 16.5. The maximum atomic E-state index is 12.9. The predicted molar refractivity (Wildman–Crippen MR) is 88.9 cm³/mol. The smallest absolute Gasteiger partial charge is 0.343 e. The Morgan fingerprint density at radius 1 is 1.17 bits per heavy atom. The number of esters is 1. The summed E-state index contributed by atoms with van der Waals surface area (Å²) in [5, 5.41) is 11.4. The normalized spacial score (nSPS) is 25.9. The van der Waals surface area contributed by atoms with Crippen LogP contribution in [0.4, 0.5) is 0 Å². The Morgan fingerprint density at radius 3 is 2.52 bits per heavy atom. The molecule has 3 rings (SSSR count). The van der Waals surface area contributed by atoms with Crippen molar-refractivity contribution in [1.82, 2.24) is 4.90 Å². The summed E-state index contributed by atoms with van der Waals surface area (Å²) in [4.78, 5) is 15.1. The lowest BCUT2D eigenvalue weighted by Gasteiger charge is -2.36. The maximum absolute atomic E-state index is 12.9. The van der Waals surface area contributed by atoms with Crippen LogP contribution < -0.4 is 0 Å². The third-order valence-electron chi connectivity index (χ3n) is 5.33. The molecule has 2 fully saturated rings. The number of hydrogen-bond acceptors (Lipinski definition) is 4. The number of aliphatic hydroxyl groups is 1. The highest BCUT2D eigenvalue weighted by Gasteiger charge is 2.48. The van der Waals surface area contributed by atoms with Crippen LogP contribution in [0.5, 0.6) is 0 Å². The van der Waals surface area contributed by atoms with Crippen LogP contribution in [-0.2, 0) is 15.1 Å². The quantitative estimate of drug-likeness (QED) is 0.868. The van der Waals surface area contributed by atoms with E-state index in [0.29, 0.717) is 5.56 Å². The van der Waals surface area contributed by atoms with Crippen molar-refractivity contribution in [1.29, 1.82) is 0 Å². The van der Waals surface area contributed by atoms with Crippen LogP contribution in [0.2, 0.25) is 0 Å². The molecule has 1 saturated carbocycles. The molecule has 0 unspecified atom stereocenters. The summed E-state index contributed by atoms with van der Waals surface area (Å²) < 4.78 is 5.76. The highest BCUT2D eigenvalue weighted by molar-refractivity contribution is 5.81. The van der Waals surface area contributed by atoms with Crippen molar-refractivity contribution in [3.63, 3.8) is 0 Å². The van der Waals surface area contributed by atoms with Crippen molar-refractivity contribution in [3.8, 4) is 0 Å². The van der Waals surface area contributed by atoms with E-state index in [4.69, 9.17) is 4.74 Å². The van der Waals surface area contributed by atoms with E-state index >= 15 is 0 Å². The first-order chi connectivity index (χ1) is 11.1. The largest absolute Gasteiger partial charge is 0.459 e. The fourth-order valence-corrected chi connectivity index (χ4v) is 4.01. The molecule has 2 aliphatic rings. The van der Waals surface area contributed by atoms with Gasteiger partial charge in [0.2, 0.25) is 0 Å². The van der Waals surface area contributed by atoms with Crippen molar-refractivity contribution in [3.05, 3.63) is 35.9 Å². The van der Waals surface area contributed by atoms with E-state index < -0.39 is 11.6 Å². The second-order valence-electron chi connectivity index (χ2n) is 7.05. The Labute approximate surface area is 138 Å². The van der Waals surface area contributed by atoms with Crippen molar-refractivity contribution in [2.45, 2.75) is 50.2 Å². The lowest BCUT2D eigenvalue weighted by Crippen LogP contribution is -2.47. The summed E-state index contributed by atoms with van der Waals surface area (Å²) in [7, 11) is 2.04. The van der Waals surface area contributed by atoms with Crippen molar-refractivity contribution in [2.75, 3.05) is 20.1 Å². The Balaban J connectivity index is 1.81. The van der Waals surface area contributed by atoms with Crippen LogP contribution in [-0.4, -0.2) is 42.2 Å². The third kappa shape index (κ3) is 3.43. The van der Waals surface area contributed by atoms with Gasteiger partial charge >= 0.3 is 5.97 Å². The van der Waals surface area contributed by atoms with Crippen molar-refractivity contribution < 1.29 is 14.6 Å². The Morgan fingerprint density at radius 2 is 1.87 bits per heavy atom. The summed E-state index contributed by atoms with van der Waals surface area (Å²) in [6, 6.07) is 9.33. The molecular weight excluding hydrogens is 290 g/mol. The number of likely N-dealkylation sites (tertiary alicyclic amines) is 1. The minimum absolute atomic E-state index is 0.0429. The highest BCUT2D eigenvalue weighted by atomic mass is 16.6. The zero-order valence-electron chi connectivity index (χ0n) is 13.9. The molecular formula is C19H27NO3. The Kier molecular flexibility index (Phi) is 5.02. The van der Waals surface area contributed by atoms with Gasteiger partial charge in [0.1, 0.15) is 6.10 Å². The molecule has 4 nitrogen and oxygen atoms in total. The number of likely N-dealkylation sites (N-methyl/N-ethyl adjacent to an activating group) is 1. The van der Waals surface area contributed by atoms with Gasteiger partial charge in [-0.2, -0.15) is 0 Å². The van der Waals surface area contributed by atoms with Gasteiger partial charge in [-0.1, -0.05) is 43.2 Å². The molecule has 1 aliphatic heterocycles. The second-order valence-corrected chi connectivity index (χ2v) is 7.05. The van der Waals surface area contributed by atoms with E-state index in [-0.39, 0.29) is 12.0 Å². The molecule has 2 atom stereocenters. The summed E-state index contributed by atoms with van der Waals surface area (Å²) in [6.07, 6.45) is 5.69. The van der Waals surface area contributed by atoms with Gasteiger partial charge in [0.05, 0.1) is 0 Å². The lowest BCUT2D eigenvalue weighted by molar-refractivity contribution is -0.181. The Hall–Kier alpha value is -1.39. The number of piperidine rings is 1. The zero-order chi connectivity index (χ0) is 16.3. The Bertz CT molecular complexity index is 527.